The van der Waals surface area contributed by atoms with Crippen LogP contribution >= 0.6 is 10.8 Å². The Kier molecular flexibility index (Phi) is 1.50. The Bertz CT molecular complexity index is 319. The van der Waals surface area contributed by atoms with Crippen LogP contribution in [0, 0.1) is 0 Å². The summed E-state index contributed by atoms with van der Waals surface area (Å²) in [6.45, 7) is 0. The highest BCUT2D eigenvalue weighted by molar-refractivity contribution is 8.76. The summed E-state index contributed by atoms with van der Waals surface area (Å²) in [6.07, 6.45) is 2.68. The van der Waals surface area contributed by atoms with Gasteiger partial charge in [0.2, 0.25) is 5.12 Å². The highest BCUT2D eigenvalue weighted by Crippen LogP contribution is 2.31. The van der Waals surface area contributed by atoms with Crippen molar-refractivity contribution >= 4 is 25.7 Å². The molecule has 0 aliphatic carbocycles. The summed E-state index contributed by atoms with van der Waals surface area (Å²) in [5.41, 5.74) is 0.371. The Morgan fingerprint density at radius 1 is 1.55 bits per heavy atom. The number of hydrogen-bond donors (Lipinski definition) is 0. The molecule has 0 saturated heterocycles. The lowest BCUT2D eigenvalue weighted by atomic mass is 10.4. The summed E-state index contributed by atoms with van der Waals surface area (Å²) in [6, 6.07) is 0. The molecule has 2 heterocycles. The number of rotatable bonds is 0. The number of fused-ring (bicyclic) bond motifs is 1. The van der Waals surface area contributed by atoms with E-state index in [1.165, 1.54) is 12.5 Å². The normalized spacial score (nSPS) is 21.8. The van der Waals surface area contributed by atoms with Gasteiger partial charge in [0.1, 0.15) is 16.2 Å². The van der Waals surface area contributed by atoms with Gasteiger partial charge in [-0.15, -0.1) is 0 Å². The number of carbonyl (C=O) groups is 1. The predicted octanol–water partition coefficient (Wildman–Crippen LogP) is 0.386. The maximum atomic E-state index is 11.0. The Morgan fingerprint density at radius 2 is 2.36 bits per heavy atom. The lowest BCUT2D eigenvalue weighted by molar-refractivity contribution is 0.108. The Hall–Kier alpha value is -0.750. The van der Waals surface area contributed by atoms with Gasteiger partial charge < -0.3 is 0 Å². The molecule has 0 saturated carbocycles. The molecular formula is C5H2N2O2S2. The summed E-state index contributed by atoms with van der Waals surface area (Å²) in [5, 5.41) is 0.133. The van der Waals surface area contributed by atoms with Crippen molar-refractivity contribution in [2.45, 2.75) is 5.03 Å². The molecule has 0 amide bonds. The van der Waals surface area contributed by atoms with Crippen LogP contribution in [0.15, 0.2) is 17.6 Å². The molecule has 0 N–H and O–H groups in total. The van der Waals surface area contributed by atoms with Crippen molar-refractivity contribution in [1.82, 2.24) is 9.97 Å². The lowest BCUT2D eigenvalue weighted by Gasteiger charge is -1.87. The molecule has 11 heavy (non-hydrogen) atoms. The SMILES string of the molecule is O=C1SS(=O)c2ncncc21. The first kappa shape index (κ1) is 6.93. The third kappa shape index (κ3) is 0.982. The van der Waals surface area contributed by atoms with Crippen molar-refractivity contribution in [2.24, 2.45) is 0 Å². The molecule has 1 aromatic heterocycles. The van der Waals surface area contributed by atoms with Crippen molar-refractivity contribution in [1.29, 1.82) is 0 Å². The third-order valence-corrected chi connectivity index (χ3v) is 3.75. The highest BCUT2D eigenvalue weighted by atomic mass is 33.1. The van der Waals surface area contributed by atoms with Crippen LogP contribution in [0.3, 0.4) is 0 Å². The zero-order valence-corrected chi connectivity index (χ0v) is 6.82. The minimum atomic E-state index is -1.31. The minimum Gasteiger partial charge on any atom is -0.280 e. The van der Waals surface area contributed by atoms with E-state index in [0.29, 0.717) is 10.6 Å². The van der Waals surface area contributed by atoms with Gasteiger partial charge in [-0.25, -0.2) is 14.2 Å². The molecule has 1 atom stereocenters. The van der Waals surface area contributed by atoms with E-state index in [-0.39, 0.29) is 5.12 Å². The molecule has 1 aliphatic heterocycles. The summed E-state index contributed by atoms with van der Waals surface area (Å²) < 4.78 is 11.0. The van der Waals surface area contributed by atoms with Crippen molar-refractivity contribution in [3.05, 3.63) is 18.1 Å². The fourth-order valence-corrected chi connectivity index (χ4v) is 3.04. The van der Waals surface area contributed by atoms with E-state index in [1.807, 2.05) is 0 Å². The maximum Gasteiger partial charge on any atom is 0.236 e. The van der Waals surface area contributed by atoms with Gasteiger partial charge in [0, 0.05) is 17.0 Å². The van der Waals surface area contributed by atoms with Crippen LogP contribution < -0.4 is 0 Å². The first-order valence-corrected chi connectivity index (χ1v) is 5.22. The first-order valence-electron chi connectivity index (χ1n) is 2.73. The fourth-order valence-electron chi connectivity index (χ4n) is 0.744. The maximum absolute atomic E-state index is 11.0. The van der Waals surface area contributed by atoms with Gasteiger partial charge in [-0.05, 0) is 0 Å². The van der Waals surface area contributed by atoms with Crippen LogP contribution in [-0.4, -0.2) is 19.3 Å². The van der Waals surface area contributed by atoms with E-state index in [4.69, 9.17) is 0 Å². The predicted molar refractivity (Wildman–Crippen MR) is 40.4 cm³/mol. The smallest absolute Gasteiger partial charge is 0.236 e. The zero-order valence-electron chi connectivity index (χ0n) is 5.18. The van der Waals surface area contributed by atoms with E-state index in [2.05, 4.69) is 9.97 Å². The quantitative estimate of drug-likeness (QED) is 0.433. The van der Waals surface area contributed by atoms with Crippen molar-refractivity contribution in [3.8, 4) is 0 Å². The van der Waals surface area contributed by atoms with Gasteiger partial charge in [0.25, 0.3) is 0 Å². The largest absolute Gasteiger partial charge is 0.280 e. The highest BCUT2D eigenvalue weighted by Gasteiger charge is 2.28. The average Bonchev–Trinajstić information content (AvgIpc) is 2.30. The number of nitrogens with zero attached hydrogens (tertiary/aromatic N) is 2. The summed E-state index contributed by atoms with van der Waals surface area (Å²) >= 11 is 0. The zero-order chi connectivity index (χ0) is 7.84. The van der Waals surface area contributed by atoms with Crippen LogP contribution in [0.1, 0.15) is 10.4 Å². The number of aromatic nitrogens is 2. The van der Waals surface area contributed by atoms with Crippen LogP contribution in [0.2, 0.25) is 0 Å². The van der Waals surface area contributed by atoms with E-state index < -0.39 is 9.83 Å². The number of hydrogen-bond acceptors (Lipinski definition) is 5. The van der Waals surface area contributed by atoms with E-state index >= 15 is 0 Å². The van der Waals surface area contributed by atoms with Gasteiger partial charge in [-0.3, -0.25) is 4.79 Å². The molecule has 1 aromatic rings. The van der Waals surface area contributed by atoms with Gasteiger partial charge in [-0.2, -0.15) is 0 Å². The molecule has 6 heteroatoms. The molecule has 0 fully saturated rings. The van der Waals surface area contributed by atoms with Crippen molar-refractivity contribution < 1.29 is 9.00 Å². The van der Waals surface area contributed by atoms with Gasteiger partial charge in [0.15, 0.2) is 5.03 Å². The van der Waals surface area contributed by atoms with Gasteiger partial charge >= 0.3 is 0 Å². The molecule has 0 aromatic carbocycles. The van der Waals surface area contributed by atoms with Crippen LogP contribution in [0.5, 0.6) is 0 Å². The second kappa shape index (κ2) is 2.38. The van der Waals surface area contributed by atoms with E-state index in [0.717, 1.165) is 10.8 Å². The molecule has 1 unspecified atom stereocenters. The second-order valence-corrected chi connectivity index (χ2v) is 4.65. The standard InChI is InChI=1S/C5H2N2O2S2/c8-5-3-1-6-2-7-4(3)11(9)10-5/h1-2H. The fraction of sp³-hybridized carbons (Fsp3) is 0. The van der Waals surface area contributed by atoms with Crippen LogP contribution in [0.4, 0.5) is 0 Å². The molecule has 0 bridgehead atoms. The summed E-state index contributed by atoms with van der Waals surface area (Å²) in [4.78, 5) is 18.4. The topological polar surface area (TPSA) is 59.9 Å². The average molecular weight is 186 g/mol. The van der Waals surface area contributed by atoms with E-state index in [9.17, 15) is 9.00 Å². The van der Waals surface area contributed by atoms with E-state index in [1.54, 1.807) is 0 Å². The van der Waals surface area contributed by atoms with Crippen LogP contribution in [0.25, 0.3) is 0 Å². The van der Waals surface area contributed by atoms with Gasteiger partial charge in [0.05, 0.1) is 5.56 Å². The second-order valence-electron chi connectivity index (χ2n) is 1.85. The summed E-state index contributed by atoms with van der Waals surface area (Å²) in [5.74, 6) is 0. The van der Waals surface area contributed by atoms with Crippen molar-refractivity contribution in [3.63, 3.8) is 0 Å². The molecule has 2 rings (SSSR count). The Morgan fingerprint density at radius 3 is 3.09 bits per heavy atom. The third-order valence-electron chi connectivity index (χ3n) is 1.20. The Balaban J connectivity index is 2.69. The summed E-state index contributed by atoms with van der Waals surface area (Å²) in [7, 11) is -0.532. The lowest BCUT2D eigenvalue weighted by Crippen LogP contribution is -1.91. The van der Waals surface area contributed by atoms with Crippen molar-refractivity contribution in [2.75, 3.05) is 0 Å². The molecule has 56 valence electrons. The monoisotopic (exact) mass is 186 g/mol. The van der Waals surface area contributed by atoms with Gasteiger partial charge in [-0.1, -0.05) is 0 Å². The minimum absolute atomic E-state index is 0.209. The molecule has 0 radical (unpaired) electrons. The molecule has 0 spiro atoms. The van der Waals surface area contributed by atoms with Crippen LogP contribution in [-0.2, 0) is 9.83 Å². The Labute approximate surface area is 68.3 Å². The molecule has 1 aliphatic rings. The molecular weight excluding hydrogens is 184 g/mol. The molecule has 4 nitrogen and oxygen atoms in total. The number of carbonyl (C=O) groups excluding carboxylic acids is 1. The first-order chi connectivity index (χ1) is 5.29.